The van der Waals surface area contributed by atoms with Crippen molar-refractivity contribution in [3.8, 4) is 0 Å². The van der Waals surface area contributed by atoms with Crippen molar-refractivity contribution in [2.24, 2.45) is 0 Å². The Morgan fingerprint density at radius 3 is 2.38 bits per heavy atom. The van der Waals surface area contributed by atoms with E-state index in [1.54, 1.807) is 11.8 Å². The fourth-order valence-corrected chi connectivity index (χ4v) is 2.68. The number of nitrogens with zero attached hydrogens (tertiary/aromatic N) is 2. The lowest BCUT2D eigenvalue weighted by Gasteiger charge is -2.18. The van der Waals surface area contributed by atoms with E-state index in [9.17, 15) is 0 Å². The molecule has 0 amide bonds. The van der Waals surface area contributed by atoms with Crippen LogP contribution in [0.1, 0.15) is 32.2 Å². The molecule has 2 rings (SSSR count). The number of halogens is 1. The van der Waals surface area contributed by atoms with E-state index in [2.05, 4.69) is 36.1 Å². The molecule has 0 aliphatic heterocycles. The van der Waals surface area contributed by atoms with E-state index in [0.29, 0.717) is 0 Å². The highest BCUT2D eigenvalue weighted by atomic mass is 35.5. The molecule has 21 heavy (non-hydrogen) atoms. The van der Waals surface area contributed by atoms with Crippen LogP contribution < -0.4 is 5.32 Å². The van der Waals surface area contributed by atoms with Gasteiger partial charge in [0.05, 0.1) is 0 Å². The zero-order valence-electron chi connectivity index (χ0n) is 12.8. The number of benzene rings is 1. The maximum Gasteiger partial charge on any atom is 0.137 e. The Balaban J connectivity index is 2.17. The molecule has 5 heteroatoms. The molecule has 1 heterocycles. The highest BCUT2D eigenvalue weighted by molar-refractivity contribution is 7.98. The van der Waals surface area contributed by atoms with Crippen LogP contribution in [0.25, 0.3) is 0 Å². The van der Waals surface area contributed by atoms with E-state index in [1.165, 1.54) is 5.56 Å². The highest BCUT2D eigenvalue weighted by Crippen LogP contribution is 2.27. The molecule has 0 saturated heterocycles. The molecule has 0 radical (unpaired) electrons. The third kappa shape index (κ3) is 4.61. The maximum atomic E-state index is 5.90. The second-order valence-electron chi connectivity index (χ2n) is 5.83. The van der Waals surface area contributed by atoms with Crippen LogP contribution in [-0.2, 0) is 11.2 Å². The molecular formula is C16H20ClN3S. The first-order valence-corrected chi connectivity index (χ1v) is 8.19. The number of aromatic nitrogens is 2. The molecule has 1 N–H and O–H groups in total. The first-order valence-electron chi connectivity index (χ1n) is 6.83. The van der Waals surface area contributed by atoms with E-state index < -0.39 is 0 Å². The first kappa shape index (κ1) is 16.1. The number of hydrogen-bond acceptors (Lipinski definition) is 4. The van der Waals surface area contributed by atoms with Crippen LogP contribution in [0.5, 0.6) is 0 Å². The molecule has 0 unspecified atom stereocenters. The normalized spacial score (nSPS) is 11.5. The van der Waals surface area contributed by atoms with Crippen LogP contribution in [0, 0.1) is 0 Å². The number of nitrogens with one attached hydrogen (secondary N) is 1. The number of rotatable bonds is 4. The number of hydrogen-bond donors (Lipinski definition) is 1. The van der Waals surface area contributed by atoms with E-state index in [0.717, 1.165) is 27.4 Å². The van der Waals surface area contributed by atoms with Crippen LogP contribution in [0.4, 0.5) is 5.82 Å². The molecule has 1 aromatic heterocycles. The molecule has 0 bridgehead atoms. The summed E-state index contributed by atoms with van der Waals surface area (Å²) in [4.78, 5) is 9.21. The Labute approximate surface area is 135 Å². The van der Waals surface area contributed by atoms with Gasteiger partial charge in [0.15, 0.2) is 0 Å². The molecular weight excluding hydrogens is 302 g/mol. The van der Waals surface area contributed by atoms with Gasteiger partial charge in [-0.05, 0) is 17.7 Å². The van der Waals surface area contributed by atoms with Crippen LogP contribution in [0.2, 0.25) is 5.02 Å². The van der Waals surface area contributed by atoms with E-state index in [4.69, 9.17) is 11.6 Å². The Morgan fingerprint density at radius 1 is 1.14 bits per heavy atom. The minimum Gasteiger partial charge on any atom is -0.373 e. The quantitative estimate of drug-likeness (QED) is 0.650. The average Bonchev–Trinajstić information content (AvgIpc) is 2.45. The molecule has 112 valence electrons. The predicted molar refractivity (Wildman–Crippen MR) is 91.3 cm³/mol. The lowest BCUT2D eigenvalue weighted by atomic mass is 9.96. The number of thioether (sulfide) groups is 1. The average molecular weight is 322 g/mol. The summed E-state index contributed by atoms with van der Waals surface area (Å²) in [6.07, 6.45) is 0. The van der Waals surface area contributed by atoms with Crippen molar-refractivity contribution < 1.29 is 0 Å². The molecule has 1 aromatic carbocycles. The third-order valence-corrected chi connectivity index (χ3v) is 4.16. The van der Waals surface area contributed by atoms with Crippen molar-refractivity contribution in [1.82, 2.24) is 9.97 Å². The molecule has 0 fully saturated rings. The molecule has 2 aromatic rings. The molecule has 0 aliphatic carbocycles. The van der Waals surface area contributed by atoms with Gasteiger partial charge in [0.1, 0.15) is 16.7 Å². The molecule has 3 nitrogen and oxygen atoms in total. The van der Waals surface area contributed by atoms with Gasteiger partial charge in [-0.2, -0.15) is 0 Å². The van der Waals surface area contributed by atoms with Crippen molar-refractivity contribution in [3.05, 3.63) is 46.7 Å². The van der Waals surface area contributed by atoms with Gasteiger partial charge >= 0.3 is 0 Å². The van der Waals surface area contributed by atoms with Crippen molar-refractivity contribution in [2.75, 3.05) is 12.4 Å². The summed E-state index contributed by atoms with van der Waals surface area (Å²) in [5.74, 6) is 2.57. The molecule has 0 aliphatic rings. The standard InChI is InChI=1S/C16H20ClN3S/c1-16(2,3)15-19-13(18-4)9-14(20-15)21-10-11-5-7-12(17)8-6-11/h5-9H,10H2,1-4H3,(H,18,19,20). The lowest BCUT2D eigenvalue weighted by Crippen LogP contribution is -2.17. The van der Waals surface area contributed by atoms with Gasteiger partial charge < -0.3 is 5.32 Å². The first-order chi connectivity index (χ1) is 9.88. The topological polar surface area (TPSA) is 37.8 Å². The molecule has 0 spiro atoms. The summed E-state index contributed by atoms with van der Waals surface area (Å²) in [6.45, 7) is 6.36. The van der Waals surface area contributed by atoms with Crippen molar-refractivity contribution in [1.29, 1.82) is 0 Å². The minimum absolute atomic E-state index is 0.0670. The van der Waals surface area contributed by atoms with E-state index >= 15 is 0 Å². The summed E-state index contributed by atoms with van der Waals surface area (Å²) in [7, 11) is 1.88. The van der Waals surface area contributed by atoms with Crippen molar-refractivity contribution in [2.45, 2.75) is 37.0 Å². The van der Waals surface area contributed by atoms with Crippen LogP contribution in [-0.4, -0.2) is 17.0 Å². The fraction of sp³-hybridized carbons (Fsp3) is 0.375. The Morgan fingerprint density at radius 2 is 1.81 bits per heavy atom. The maximum absolute atomic E-state index is 5.90. The number of anilines is 1. The molecule has 0 atom stereocenters. The zero-order chi connectivity index (χ0) is 15.5. The van der Waals surface area contributed by atoms with Gasteiger partial charge in [-0.15, -0.1) is 11.8 Å². The highest BCUT2D eigenvalue weighted by Gasteiger charge is 2.19. The SMILES string of the molecule is CNc1cc(SCc2ccc(Cl)cc2)nc(C(C)(C)C)n1. The summed E-state index contributed by atoms with van der Waals surface area (Å²) in [5, 5.41) is 4.85. The van der Waals surface area contributed by atoms with Crippen LogP contribution >= 0.6 is 23.4 Å². The van der Waals surface area contributed by atoms with Gasteiger partial charge in [0.25, 0.3) is 0 Å². The minimum atomic E-state index is -0.0670. The lowest BCUT2D eigenvalue weighted by molar-refractivity contribution is 0.539. The summed E-state index contributed by atoms with van der Waals surface area (Å²) < 4.78 is 0. The second-order valence-corrected chi connectivity index (χ2v) is 7.26. The third-order valence-electron chi connectivity index (χ3n) is 2.93. The van der Waals surface area contributed by atoms with Gasteiger partial charge in [-0.25, -0.2) is 9.97 Å². The second kappa shape index (κ2) is 6.67. The summed E-state index contributed by atoms with van der Waals surface area (Å²) >= 11 is 7.61. The fourth-order valence-electron chi connectivity index (χ4n) is 1.70. The van der Waals surface area contributed by atoms with Gasteiger partial charge in [0, 0.05) is 29.3 Å². The van der Waals surface area contributed by atoms with Gasteiger partial charge in [-0.1, -0.05) is 44.5 Å². The van der Waals surface area contributed by atoms with E-state index in [1.807, 2.05) is 37.4 Å². The Hall–Kier alpha value is -1.26. The van der Waals surface area contributed by atoms with Gasteiger partial charge in [-0.3, -0.25) is 0 Å². The Bertz CT molecular complexity index is 606. The smallest absolute Gasteiger partial charge is 0.137 e. The van der Waals surface area contributed by atoms with Crippen molar-refractivity contribution >= 4 is 29.2 Å². The monoisotopic (exact) mass is 321 g/mol. The predicted octanol–water partition coefficient (Wildman–Crippen LogP) is 4.76. The largest absolute Gasteiger partial charge is 0.373 e. The summed E-state index contributed by atoms with van der Waals surface area (Å²) in [6, 6.07) is 9.89. The van der Waals surface area contributed by atoms with Crippen LogP contribution in [0.15, 0.2) is 35.4 Å². The van der Waals surface area contributed by atoms with Gasteiger partial charge in [0.2, 0.25) is 0 Å². The molecule has 0 saturated carbocycles. The Kier molecular flexibility index (Phi) is 5.12. The zero-order valence-corrected chi connectivity index (χ0v) is 14.3. The van der Waals surface area contributed by atoms with E-state index in [-0.39, 0.29) is 5.41 Å². The summed E-state index contributed by atoms with van der Waals surface area (Å²) in [5.41, 5.74) is 1.16. The van der Waals surface area contributed by atoms with Crippen LogP contribution in [0.3, 0.4) is 0 Å². The van der Waals surface area contributed by atoms with Crippen molar-refractivity contribution in [3.63, 3.8) is 0 Å².